The van der Waals surface area contributed by atoms with Crippen LogP contribution in [0.15, 0.2) is 42.5 Å². The zero-order chi connectivity index (χ0) is 19.4. The highest BCUT2D eigenvalue weighted by atomic mass is 35.5. The highest BCUT2D eigenvalue weighted by Crippen LogP contribution is 2.23. The van der Waals surface area contributed by atoms with Gasteiger partial charge < -0.3 is 10.4 Å². The Labute approximate surface area is 166 Å². The Kier molecular flexibility index (Phi) is 6.11. The first-order valence-electron chi connectivity index (χ1n) is 8.29. The Morgan fingerprint density at radius 2 is 1.81 bits per heavy atom. The molecule has 6 nitrogen and oxygen atoms in total. The number of hydrogen-bond donors (Lipinski definition) is 2. The van der Waals surface area contributed by atoms with Crippen molar-refractivity contribution in [1.29, 1.82) is 0 Å². The van der Waals surface area contributed by atoms with Crippen molar-refractivity contribution in [2.24, 2.45) is 0 Å². The lowest BCUT2D eigenvalue weighted by atomic mass is 10.2. The van der Waals surface area contributed by atoms with Gasteiger partial charge in [-0.25, -0.2) is 4.68 Å². The van der Waals surface area contributed by atoms with Crippen molar-refractivity contribution in [3.05, 3.63) is 75.0 Å². The van der Waals surface area contributed by atoms with Crippen molar-refractivity contribution in [3.8, 4) is 0 Å². The average molecular weight is 405 g/mol. The molecule has 0 radical (unpaired) electrons. The minimum absolute atomic E-state index is 0.0324. The van der Waals surface area contributed by atoms with Crippen LogP contribution in [0.25, 0.3) is 0 Å². The standard InChI is InChI=1S/C19H18Cl2N4O2/c1-12-18(9-19(27)22-15-5-2-13(11-26)3-6-15)23-24-25(12)10-14-4-7-16(20)17(21)8-14/h2-8,26H,9-11H2,1H3,(H,22,27). The zero-order valence-corrected chi connectivity index (χ0v) is 16.1. The molecule has 0 unspecified atom stereocenters. The summed E-state index contributed by atoms with van der Waals surface area (Å²) in [4.78, 5) is 12.3. The third-order valence-corrected chi connectivity index (χ3v) is 4.88. The first-order valence-corrected chi connectivity index (χ1v) is 9.04. The second kappa shape index (κ2) is 8.52. The van der Waals surface area contributed by atoms with Crippen molar-refractivity contribution >= 4 is 34.8 Å². The number of carbonyl (C=O) groups is 1. The van der Waals surface area contributed by atoms with Gasteiger partial charge in [0.25, 0.3) is 0 Å². The van der Waals surface area contributed by atoms with Crippen molar-refractivity contribution < 1.29 is 9.90 Å². The monoisotopic (exact) mass is 404 g/mol. The van der Waals surface area contributed by atoms with Gasteiger partial charge in [0, 0.05) is 5.69 Å². The van der Waals surface area contributed by atoms with Crippen molar-refractivity contribution in [2.45, 2.75) is 26.5 Å². The summed E-state index contributed by atoms with van der Waals surface area (Å²) in [5.41, 5.74) is 3.82. The third kappa shape index (κ3) is 4.86. The molecular weight excluding hydrogens is 387 g/mol. The molecule has 0 saturated heterocycles. The third-order valence-electron chi connectivity index (χ3n) is 4.14. The van der Waals surface area contributed by atoms with E-state index >= 15 is 0 Å². The predicted molar refractivity (Wildman–Crippen MR) is 105 cm³/mol. The van der Waals surface area contributed by atoms with Crippen LogP contribution in [-0.2, 0) is 24.4 Å². The lowest BCUT2D eigenvalue weighted by Gasteiger charge is -2.07. The number of rotatable bonds is 6. The summed E-state index contributed by atoms with van der Waals surface area (Å²) in [5.74, 6) is -0.184. The molecule has 0 aliphatic heterocycles. The molecule has 0 aliphatic carbocycles. The maximum atomic E-state index is 12.3. The van der Waals surface area contributed by atoms with E-state index < -0.39 is 0 Å². The van der Waals surface area contributed by atoms with E-state index in [0.717, 1.165) is 16.8 Å². The molecule has 3 rings (SSSR count). The molecule has 0 atom stereocenters. The molecule has 140 valence electrons. The van der Waals surface area contributed by atoms with Crippen LogP contribution in [0, 0.1) is 6.92 Å². The average Bonchev–Trinajstić information content (AvgIpc) is 2.98. The predicted octanol–water partition coefficient (Wildman–Crippen LogP) is 3.62. The Morgan fingerprint density at radius 3 is 2.48 bits per heavy atom. The molecule has 1 amide bonds. The van der Waals surface area contributed by atoms with Gasteiger partial charge in [-0.05, 0) is 42.3 Å². The number of halogens is 2. The van der Waals surface area contributed by atoms with Crippen LogP contribution in [0.2, 0.25) is 10.0 Å². The van der Waals surface area contributed by atoms with E-state index in [9.17, 15) is 4.79 Å². The van der Waals surface area contributed by atoms with Crippen LogP contribution in [-0.4, -0.2) is 26.0 Å². The van der Waals surface area contributed by atoms with Gasteiger partial charge in [0.05, 0.1) is 41.0 Å². The van der Waals surface area contributed by atoms with Gasteiger partial charge in [0.1, 0.15) is 0 Å². The summed E-state index contributed by atoms with van der Waals surface area (Å²) in [6.45, 7) is 2.32. The number of carbonyl (C=O) groups excluding carboxylic acids is 1. The maximum absolute atomic E-state index is 12.3. The summed E-state index contributed by atoms with van der Waals surface area (Å²) >= 11 is 12.0. The Bertz CT molecular complexity index is 955. The summed E-state index contributed by atoms with van der Waals surface area (Å²) < 4.78 is 1.72. The second-order valence-electron chi connectivity index (χ2n) is 6.11. The smallest absolute Gasteiger partial charge is 0.230 e. The maximum Gasteiger partial charge on any atom is 0.230 e. The van der Waals surface area contributed by atoms with Crippen LogP contribution in [0.3, 0.4) is 0 Å². The molecule has 8 heteroatoms. The number of aromatic nitrogens is 3. The van der Waals surface area contributed by atoms with Crippen molar-refractivity contribution in [1.82, 2.24) is 15.0 Å². The van der Waals surface area contributed by atoms with E-state index in [4.69, 9.17) is 28.3 Å². The van der Waals surface area contributed by atoms with Crippen molar-refractivity contribution in [2.75, 3.05) is 5.32 Å². The number of amides is 1. The summed E-state index contributed by atoms with van der Waals surface area (Å²) in [5, 5.41) is 21.1. The quantitative estimate of drug-likeness (QED) is 0.657. The minimum Gasteiger partial charge on any atom is -0.392 e. The van der Waals surface area contributed by atoms with Gasteiger partial charge in [-0.1, -0.05) is 46.6 Å². The van der Waals surface area contributed by atoms with Crippen LogP contribution in [0.1, 0.15) is 22.5 Å². The molecule has 3 aromatic rings. The van der Waals surface area contributed by atoms with E-state index in [1.165, 1.54) is 0 Å². The molecule has 0 bridgehead atoms. The molecule has 0 spiro atoms. The fourth-order valence-electron chi connectivity index (χ4n) is 2.57. The zero-order valence-electron chi connectivity index (χ0n) is 14.6. The summed E-state index contributed by atoms with van der Waals surface area (Å²) in [6, 6.07) is 12.4. The van der Waals surface area contributed by atoms with Crippen LogP contribution < -0.4 is 5.32 Å². The first kappa shape index (κ1) is 19.4. The lowest BCUT2D eigenvalue weighted by Crippen LogP contribution is -2.15. The minimum atomic E-state index is -0.184. The molecule has 2 N–H and O–H groups in total. The number of anilines is 1. The Hall–Kier alpha value is -2.41. The normalized spacial score (nSPS) is 10.8. The topological polar surface area (TPSA) is 80.0 Å². The highest BCUT2D eigenvalue weighted by molar-refractivity contribution is 6.42. The number of benzene rings is 2. The molecule has 2 aromatic carbocycles. The van der Waals surface area contributed by atoms with Gasteiger partial charge in [-0.15, -0.1) is 5.10 Å². The van der Waals surface area contributed by atoms with Crippen LogP contribution in [0.5, 0.6) is 0 Å². The first-order chi connectivity index (χ1) is 13.0. The molecular formula is C19H18Cl2N4O2. The van der Waals surface area contributed by atoms with Crippen LogP contribution in [0.4, 0.5) is 5.69 Å². The molecule has 27 heavy (non-hydrogen) atoms. The van der Waals surface area contributed by atoms with E-state index in [1.807, 2.05) is 13.0 Å². The van der Waals surface area contributed by atoms with E-state index in [2.05, 4.69) is 15.6 Å². The van der Waals surface area contributed by atoms with Gasteiger partial charge in [-0.2, -0.15) is 0 Å². The highest BCUT2D eigenvalue weighted by Gasteiger charge is 2.13. The molecule has 1 aromatic heterocycles. The van der Waals surface area contributed by atoms with E-state index in [-0.39, 0.29) is 18.9 Å². The Balaban J connectivity index is 1.65. The number of aliphatic hydroxyl groups is 1. The number of nitrogens with one attached hydrogen (secondary N) is 1. The van der Waals surface area contributed by atoms with Gasteiger partial charge in [0.15, 0.2) is 0 Å². The molecule has 1 heterocycles. The van der Waals surface area contributed by atoms with E-state index in [0.29, 0.717) is 28.0 Å². The largest absolute Gasteiger partial charge is 0.392 e. The molecule has 0 saturated carbocycles. The summed E-state index contributed by atoms with van der Waals surface area (Å²) in [6.07, 6.45) is 0.120. The van der Waals surface area contributed by atoms with Gasteiger partial charge in [0.2, 0.25) is 5.91 Å². The fraction of sp³-hybridized carbons (Fsp3) is 0.211. The van der Waals surface area contributed by atoms with Crippen LogP contribution >= 0.6 is 23.2 Å². The van der Waals surface area contributed by atoms with Gasteiger partial charge >= 0.3 is 0 Å². The fourth-order valence-corrected chi connectivity index (χ4v) is 2.89. The lowest BCUT2D eigenvalue weighted by molar-refractivity contribution is -0.115. The number of aliphatic hydroxyl groups excluding tert-OH is 1. The number of hydrogen-bond acceptors (Lipinski definition) is 4. The second-order valence-corrected chi connectivity index (χ2v) is 6.92. The number of nitrogens with zero attached hydrogens (tertiary/aromatic N) is 3. The van der Waals surface area contributed by atoms with E-state index in [1.54, 1.807) is 41.1 Å². The van der Waals surface area contributed by atoms with Crippen molar-refractivity contribution in [3.63, 3.8) is 0 Å². The Morgan fingerprint density at radius 1 is 1.11 bits per heavy atom. The van der Waals surface area contributed by atoms with Gasteiger partial charge in [-0.3, -0.25) is 4.79 Å². The molecule has 0 fully saturated rings. The summed E-state index contributed by atoms with van der Waals surface area (Å²) in [7, 11) is 0. The SMILES string of the molecule is Cc1c(CC(=O)Nc2ccc(CO)cc2)nnn1Cc1ccc(Cl)c(Cl)c1. The molecule has 0 aliphatic rings.